The van der Waals surface area contributed by atoms with Crippen molar-refractivity contribution in [2.24, 2.45) is 0 Å². The van der Waals surface area contributed by atoms with Gasteiger partial charge in [0.05, 0.1) is 0 Å². The summed E-state index contributed by atoms with van der Waals surface area (Å²) >= 11 is 0. The molecule has 36 heavy (non-hydrogen) atoms. The van der Waals surface area contributed by atoms with Crippen LogP contribution < -0.4 is 0 Å². The molecular weight excluding hydrogens is 479 g/mol. The minimum absolute atomic E-state index is 0.00811. The van der Waals surface area contributed by atoms with Gasteiger partial charge in [-0.25, -0.2) is 12.8 Å². The van der Waals surface area contributed by atoms with Crippen molar-refractivity contribution < 1.29 is 22.3 Å². The van der Waals surface area contributed by atoms with Crippen LogP contribution in [-0.2, 0) is 31.5 Å². The Bertz CT molecular complexity index is 1160. The molecule has 0 spiro atoms. The molecule has 0 bridgehead atoms. The van der Waals surface area contributed by atoms with Crippen LogP contribution in [0.5, 0.6) is 0 Å². The lowest BCUT2D eigenvalue weighted by Crippen LogP contribution is -2.44. The Hall–Kier alpha value is -2.29. The van der Waals surface area contributed by atoms with Gasteiger partial charge in [-0.1, -0.05) is 42.5 Å². The average Bonchev–Trinajstić information content (AvgIpc) is 2.86. The monoisotopic (exact) mass is 516 g/mol. The van der Waals surface area contributed by atoms with Gasteiger partial charge in [-0.15, -0.1) is 0 Å². The zero-order valence-corrected chi connectivity index (χ0v) is 22.3. The first kappa shape index (κ1) is 26.8. The Labute approximate surface area is 214 Å². The molecule has 2 fully saturated rings. The van der Waals surface area contributed by atoms with E-state index in [-0.39, 0.29) is 23.9 Å². The van der Waals surface area contributed by atoms with Crippen molar-refractivity contribution in [3.05, 3.63) is 71.0 Å². The number of benzene rings is 2. The first-order valence-corrected chi connectivity index (χ1v) is 14.3. The molecule has 0 radical (unpaired) electrons. The summed E-state index contributed by atoms with van der Waals surface area (Å²) in [6.07, 6.45) is 3.75. The Morgan fingerprint density at radius 1 is 1.11 bits per heavy atom. The molecule has 0 aliphatic carbocycles. The normalized spacial score (nSPS) is 23.8. The molecule has 2 aliphatic heterocycles. The van der Waals surface area contributed by atoms with Crippen LogP contribution in [0.4, 0.5) is 4.39 Å². The number of rotatable bonds is 7. The number of hydrogen-bond acceptors (Lipinski definition) is 4. The first-order chi connectivity index (χ1) is 17.1. The van der Waals surface area contributed by atoms with Gasteiger partial charge in [0, 0.05) is 57.3 Å². The number of hydrogen-bond donors (Lipinski definition) is 0. The van der Waals surface area contributed by atoms with Gasteiger partial charge in [0.2, 0.25) is 15.9 Å². The second-order valence-electron chi connectivity index (χ2n) is 10.4. The van der Waals surface area contributed by atoms with Gasteiger partial charge in [0.1, 0.15) is 11.1 Å². The molecule has 0 unspecified atom stereocenters. The summed E-state index contributed by atoms with van der Waals surface area (Å²) in [5, 5.41) is -0.614. The fraction of sp³-hybridized carbons (Fsp3) is 0.536. The summed E-state index contributed by atoms with van der Waals surface area (Å²) in [5.41, 5.74) is 1.68. The predicted molar refractivity (Wildman–Crippen MR) is 138 cm³/mol. The van der Waals surface area contributed by atoms with E-state index in [9.17, 15) is 13.2 Å². The van der Waals surface area contributed by atoms with E-state index in [1.807, 2.05) is 43.3 Å². The minimum atomic E-state index is -3.64. The Kier molecular flexibility index (Phi) is 8.17. The topological polar surface area (TPSA) is 66.9 Å². The van der Waals surface area contributed by atoms with Crippen molar-refractivity contribution in [1.29, 1.82) is 0 Å². The third kappa shape index (κ3) is 5.50. The fourth-order valence-electron chi connectivity index (χ4n) is 5.54. The number of ether oxygens (including phenoxy) is 1. The van der Waals surface area contributed by atoms with Gasteiger partial charge in [0.25, 0.3) is 0 Å². The number of amides is 1. The molecule has 6 nitrogen and oxygen atoms in total. The molecule has 8 heteroatoms. The number of halogens is 1. The van der Waals surface area contributed by atoms with Crippen LogP contribution in [0, 0.1) is 5.82 Å². The standard InChI is InChI=1S/C28H37FN2O4S/c1-21-9-12-26(22-7-5-4-6-8-22)36(33,34)31(21)20-23-10-11-24(19-25(23)29)28(15-17-35-18-16-28)14-13-27(32)30(2)3/h4-8,10-11,19,21,26H,9,12-18,20H2,1-3H3/t21-,26+/m0/s1. The summed E-state index contributed by atoms with van der Waals surface area (Å²) < 4.78 is 49.7. The van der Waals surface area contributed by atoms with E-state index in [1.165, 1.54) is 4.31 Å². The number of carbonyl (C=O) groups excluding carboxylic acids is 1. The van der Waals surface area contributed by atoms with Gasteiger partial charge < -0.3 is 9.64 Å². The zero-order valence-electron chi connectivity index (χ0n) is 21.5. The zero-order chi connectivity index (χ0) is 25.9. The maximum absolute atomic E-state index is 15.5. The SMILES string of the molecule is C[C@H]1CC[C@H](c2ccccc2)S(=O)(=O)N1Cc1ccc(C2(CCC(=O)N(C)C)CCOCC2)cc1F. The highest BCUT2D eigenvalue weighted by molar-refractivity contribution is 7.89. The van der Waals surface area contributed by atoms with E-state index in [4.69, 9.17) is 4.74 Å². The number of carbonyl (C=O) groups is 1. The van der Waals surface area contributed by atoms with Crippen LogP contribution in [0.15, 0.2) is 48.5 Å². The van der Waals surface area contributed by atoms with Crippen molar-refractivity contribution in [3.8, 4) is 0 Å². The van der Waals surface area contributed by atoms with Crippen LogP contribution in [0.25, 0.3) is 0 Å². The van der Waals surface area contributed by atoms with E-state index in [1.54, 1.807) is 31.1 Å². The maximum atomic E-state index is 15.5. The van der Waals surface area contributed by atoms with Gasteiger partial charge in [-0.3, -0.25) is 4.79 Å². The second-order valence-corrected chi connectivity index (χ2v) is 12.5. The lowest BCUT2D eigenvalue weighted by molar-refractivity contribution is -0.129. The van der Waals surface area contributed by atoms with Gasteiger partial charge in [-0.2, -0.15) is 4.31 Å². The summed E-state index contributed by atoms with van der Waals surface area (Å²) in [4.78, 5) is 13.9. The van der Waals surface area contributed by atoms with E-state index < -0.39 is 21.1 Å². The van der Waals surface area contributed by atoms with Gasteiger partial charge in [0.15, 0.2) is 0 Å². The lowest BCUT2D eigenvalue weighted by Gasteiger charge is -2.39. The van der Waals surface area contributed by atoms with Crippen LogP contribution in [-0.4, -0.2) is 56.9 Å². The highest BCUT2D eigenvalue weighted by atomic mass is 32.2. The highest BCUT2D eigenvalue weighted by Gasteiger charge is 2.41. The van der Waals surface area contributed by atoms with Gasteiger partial charge >= 0.3 is 0 Å². The highest BCUT2D eigenvalue weighted by Crippen LogP contribution is 2.41. The largest absolute Gasteiger partial charge is 0.381 e. The van der Waals surface area contributed by atoms with Crippen molar-refractivity contribution in [2.45, 2.75) is 68.7 Å². The van der Waals surface area contributed by atoms with Crippen LogP contribution in [0.3, 0.4) is 0 Å². The third-order valence-corrected chi connectivity index (χ3v) is 10.3. The van der Waals surface area contributed by atoms with E-state index >= 15 is 4.39 Å². The molecule has 2 aromatic carbocycles. The average molecular weight is 517 g/mol. The van der Waals surface area contributed by atoms with Crippen LogP contribution in [0.2, 0.25) is 0 Å². The summed E-state index contributed by atoms with van der Waals surface area (Å²) in [6, 6.07) is 14.3. The molecule has 0 saturated carbocycles. The van der Waals surface area contributed by atoms with Crippen molar-refractivity contribution in [3.63, 3.8) is 0 Å². The van der Waals surface area contributed by atoms with Crippen LogP contribution >= 0.6 is 0 Å². The van der Waals surface area contributed by atoms with E-state index in [0.717, 1.165) is 30.4 Å². The Morgan fingerprint density at radius 2 is 1.81 bits per heavy atom. The summed E-state index contributed by atoms with van der Waals surface area (Å²) in [7, 11) is -0.159. The summed E-state index contributed by atoms with van der Waals surface area (Å²) in [5.74, 6) is -0.350. The molecule has 2 heterocycles. The molecule has 2 atom stereocenters. The van der Waals surface area contributed by atoms with Crippen molar-refractivity contribution in [2.75, 3.05) is 27.3 Å². The minimum Gasteiger partial charge on any atom is -0.381 e. The molecule has 2 aliphatic rings. The molecule has 0 aromatic heterocycles. The quantitative estimate of drug-likeness (QED) is 0.530. The molecule has 0 N–H and O–H groups in total. The number of sulfonamides is 1. The van der Waals surface area contributed by atoms with E-state index in [2.05, 4.69) is 0 Å². The van der Waals surface area contributed by atoms with Crippen molar-refractivity contribution >= 4 is 15.9 Å². The van der Waals surface area contributed by atoms with Gasteiger partial charge in [-0.05, 0) is 56.2 Å². The molecule has 196 valence electrons. The maximum Gasteiger partial charge on any atom is 0.222 e. The Balaban J connectivity index is 1.58. The molecule has 4 rings (SSSR count). The molecular formula is C28H37FN2O4S. The molecule has 2 aromatic rings. The molecule has 1 amide bonds. The fourth-order valence-corrected chi connectivity index (χ4v) is 7.73. The first-order valence-electron chi connectivity index (χ1n) is 12.8. The predicted octanol–water partition coefficient (Wildman–Crippen LogP) is 4.80. The smallest absolute Gasteiger partial charge is 0.222 e. The third-order valence-electron chi connectivity index (χ3n) is 7.95. The Morgan fingerprint density at radius 3 is 2.44 bits per heavy atom. The molecule has 2 saturated heterocycles. The lowest BCUT2D eigenvalue weighted by atomic mass is 9.71. The van der Waals surface area contributed by atoms with Crippen LogP contribution in [0.1, 0.15) is 67.4 Å². The summed E-state index contributed by atoms with van der Waals surface area (Å²) in [6.45, 7) is 3.05. The number of nitrogens with zero attached hydrogens (tertiary/aromatic N) is 2. The van der Waals surface area contributed by atoms with E-state index in [0.29, 0.717) is 38.0 Å². The second kappa shape index (κ2) is 11.0. The van der Waals surface area contributed by atoms with Crippen molar-refractivity contribution in [1.82, 2.24) is 9.21 Å².